The third-order valence-corrected chi connectivity index (χ3v) is 4.96. The highest BCUT2D eigenvalue weighted by Gasteiger charge is 2.17. The van der Waals surface area contributed by atoms with Crippen LogP contribution in [0.4, 0.5) is 17.5 Å². The van der Waals surface area contributed by atoms with Crippen molar-refractivity contribution in [3.8, 4) is 0 Å². The fraction of sp³-hybridized carbons (Fsp3) is 0.217. The molecule has 0 fully saturated rings. The van der Waals surface area contributed by atoms with Crippen LogP contribution in [0.15, 0.2) is 54.7 Å². The summed E-state index contributed by atoms with van der Waals surface area (Å²) in [4.78, 5) is 27.4. The lowest BCUT2D eigenvalue weighted by atomic mass is 10.1. The number of fused-ring (bicyclic) bond motifs is 3. The van der Waals surface area contributed by atoms with Gasteiger partial charge in [0.2, 0.25) is 5.95 Å². The molecule has 0 aliphatic carbocycles. The second-order valence-corrected chi connectivity index (χ2v) is 6.95. The highest BCUT2D eigenvalue weighted by Crippen LogP contribution is 2.33. The molecule has 31 heavy (non-hydrogen) atoms. The minimum atomic E-state index is -0.994. The Labute approximate surface area is 179 Å². The van der Waals surface area contributed by atoms with Crippen LogP contribution in [-0.2, 0) is 4.74 Å². The number of pyridine rings is 1. The van der Waals surface area contributed by atoms with Crippen molar-refractivity contribution in [3.63, 3.8) is 0 Å². The molecule has 0 bridgehead atoms. The quantitative estimate of drug-likeness (QED) is 0.327. The summed E-state index contributed by atoms with van der Waals surface area (Å²) in [6, 6.07) is 14.7. The van der Waals surface area contributed by atoms with Crippen molar-refractivity contribution < 1.29 is 14.6 Å². The number of aromatic nitrogens is 3. The van der Waals surface area contributed by atoms with E-state index in [2.05, 4.69) is 10.3 Å². The van der Waals surface area contributed by atoms with Crippen LogP contribution in [0.3, 0.4) is 0 Å². The number of carboxylic acid groups (broad SMARTS) is 1. The van der Waals surface area contributed by atoms with Crippen molar-refractivity contribution in [2.75, 3.05) is 37.0 Å². The molecule has 2 heterocycles. The van der Waals surface area contributed by atoms with E-state index < -0.39 is 5.97 Å². The summed E-state index contributed by atoms with van der Waals surface area (Å²) in [5.74, 6) is 0.108. The van der Waals surface area contributed by atoms with Crippen LogP contribution in [0.25, 0.3) is 21.8 Å². The topological polar surface area (TPSA) is 100 Å². The third kappa shape index (κ3) is 4.24. The Hall–Kier alpha value is -3.78. The molecule has 0 spiro atoms. The summed E-state index contributed by atoms with van der Waals surface area (Å²) in [7, 11) is 1.91. The second-order valence-electron chi connectivity index (χ2n) is 6.95. The van der Waals surface area contributed by atoms with E-state index >= 15 is 0 Å². The molecule has 0 aliphatic rings. The lowest BCUT2D eigenvalue weighted by Crippen LogP contribution is -2.14. The van der Waals surface area contributed by atoms with E-state index in [0.29, 0.717) is 42.6 Å². The van der Waals surface area contributed by atoms with Gasteiger partial charge in [0.1, 0.15) is 5.52 Å². The van der Waals surface area contributed by atoms with Gasteiger partial charge in [0.15, 0.2) is 5.82 Å². The molecule has 0 radical (unpaired) electrons. The Morgan fingerprint density at radius 3 is 2.68 bits per heavy atom. The Morgan fingerprint density at radius 2 is 1.94 bits per heavy atom. The first-order valence-corrected chi connectivity index (χ1v) is 10.0. The molecule has 0 saturated carbocycles. The lowest BCUT2D eigenvalue weighted by Gasteiger charge is -2.21. The van der Waals surface area contributed by atoms with Gasteiger partial charge in [-0.25, -0.2) is 19.7 Å². The molecule has 8 heteroatoms. The number of ether oxygens (including phenoxy) is 1. The van der Waals surface area contributed by atoms with Gasteiger partial charge in [-0.1, -0.05) is 24.3 Å². The molecule has 0 aliphatic heterocycles. The van der Waals surface area contributed by atoms with Gasteiger partial charge in [0.25, 0.3) is 0 Å². The maximum Gasteiger partial charge on any atom is 0.335 e. The first-order valence-electron chi connectivity index (χ1n) is 10.0. The van der Waals surface area contributed by atoms with E-state index in [-0.39, 0.29) is 5.56 Å². The van der Waals surface area contributed by atoms with Crippen molar-refractivity contribution >= 4 is 45.2 Å². The van der Waals surface area contributed by atoms with Crippen molar-refractivity contribution in [2.45, 2.75) is 6.92 Å². The minimum absolute atomic E-state index is 0.183. The zero-order valence-corrected chi connectivity index (χ0v) is 17.4. The normalized spacial score (nSPS) is 11.0. The van der Waals surface area contributed by atoms with E-state index in [9.17, 15) is 9.90 Å². The second kappa shape index (κ2) is 8.93. The molecule has 8 nitrogen and oxygen atoms in total. The SMILES string of the molecule is CCOCCNc1ncc2c(n1)c(N(C)c1ccccc1)nc1cc(C(=O)O)ccc12. The number of aromatic carboxylic acids is 1. The fourth-order valence-electron chi connectivity index (χ4n) is 3.37. The van der Waals surface area contributed by atoms with Crippen LogP contribution in [-0.4, -0.2) is 52.8 Å². The van der Waals surface area contributed by atoms with E-state index in [1.54, 1.807) is 24.4 Å². The Kier molecular flexibility index (Phi) is 5.90. The average Bonchev–Trinajstić information content (AvgIpc) is 2.81. The maximum atomic E-state index is 11.5. The van der Waals surface area contributed by atoms with Crippen LogP contribution in [0.1, 0.15) is 17.3 Å². The number of benzene rings is 2. The first kappa shape index (κ1) is 20.5. The van der Waals surface area contributed by atoms with Gasteiger partial charge in [0.05, 0.1) is 17.7 Å². The summed E-state index contributed by atoms with van der Waals surface area (Å²) in [6.07, 6.45) is 1.75. The van der Waals surface area contributed by atoms with Crippen molar-refractivity contribution in [2.24, 2.45) is 0 Å². The Morgan fingerprint density at radius 1 is 1.13 bits per heavy atom. The monoisotopic (exact) mass is 417 g/mol. The standard InChI is InChI=1S/C23H23N5O3/c1-3-31-12-11-24-23-25-14-18-17-10-9-15(22(29)30)13-19(17)26-21(20(18)27-23)28(2)16-7-5-4-6-8-16/h4-10,13-14H,3,11-12H2,1-2H3,(H,29,30)(H,24,25,27). The Balaban J connectivity index is 1.87. The molecule has 0 saturated heterocycles. The number of hydrogen-bond donors (Lipinski definition) is 2. The third-order valence-electron chi connectivity index (χ3n) is 4.96. The summed E-state index contributed by atoms with van der Waals surface area (Å²) in [5.41, 5.74) is 2.37. The maximum absolute atomic E-state index is 11.5. The molecule has 2 N–H and O–H groups in total. The zero-order valence-electron chi connectivity index (χ0n) is 17.4. The minimum Gasteiger partial charge on any atom is -0.478 e. The number of para-hydroxylation sites is 1. The van der Waals surface area contributed by atoms with Gasteiger partial charge >= 0.3 is 5.97 Å². The summed E-state index contributed by atoms with van der Waals surface area (Å²) in [6.45, 7) is 3.75. The van der Waals surface area contributed by atoms with Crippen molar-refractivity contribution in [1.29, 1.82) is 0 Å². The number of nitrogens with zero attached hydrogens (tertiary/aromatic N) is 4. The largest absolute Gasteiger partial charge is 0.478 e. The highest BCUT2D eigenvalue weighted by molar-refractivity contribution is 6.10. The summed E-state index contributed by atoms with van der Waals surface area (Å²) in [5, 5.41) is 14.2. The molecule has 0 unspecified atom stereocenters. The van der Waals surface area contributed by atoms with Crippen molar-refractivity contribution in [3.05, 3.63) is 60.3 Å². The number of nitrogens with one attached hydrogen (secondary N) is 1. The zero-order chi connectivity index (χ0) is 21.8. The van der Waals surface area contributed by atoms with Gasteiger partial charge < -0.3 is 20.1 Å². The molecule has 0 atom stereocenters. The molecule has 158 valence electrons. The number of anilines is 3. The smallest absolute Gasteiger partial charge is 0.335 e. The van der Waals surface area contributed by atoms with Crippen LogP contribution in [0.5, 0.6) is 0 Å². The summed E-state index contributed by atoms with van der Waals surface area (Å²) >= 11 is 0. The van der Waals surface area contributed by atoms with E-state index in [4.69, 9.17) is 14.7 Å². The predicted octanol–water partition coefficient (Wildman–Crippen LogP) is 4.09. The lowest BCUT2D eigenvalue weighted by molar-refractivity contribution is 0.0697. The first-order chi connectivity index (χ1) is 15.1. The molecular weight excluding hydrogens is 394 g/mol. The molecule has 4 rings (SSSR count). The van der Waals surface area contributed by atoms with Gasteiger partial charge in [0, 0.05) is 42.9 Å². The van der Waals surface area contributed by atoms with Crippen LogP contribution < -0.4 is 10.2 Å². The van der Waals surface area contributed by atoms with Crippen LogP contribution in [0.2, 0.25) is 0 Å². The molecule has 4 aromatic rings. The van der Waals surface area contributed by atoms with Gasteiger partial charge in [-0.2, -0.15) is 0 Å². The average molecular weight is 417 g/mol. The molecule has 0 amide bonds. The van der Waals surface area contributed by atoms with Gasteiger partial charge in [-0.15, -0.1) is 0 Å². The molecule has 2 aromatic carbocycles. The van der Waals surface area contributed by atoms with Crippen LogP contribution >= 0.6 is 0 Å². The Bertz CT molecular complexity index is 1230. The van der Waals surface area contributed by atoms with Crippen molar-refractivity contribution in [1.82, 2.24) is 15.0 Å². The predicted molar refractivity (Wildman–Crippen MR) is 121 cm³/mol. The van der Waals surface area contributed by atoms with Crippen LogP contribution in [0, 0.1) is 0 Å². The van der Waals surface area contributed by atoms with Gasteiger partial charge in [-0.05, 0) is 31.2 Å². The molecular formula is C23H23N5O3. The van der Waals surface area contributed by atoms with E-state index in [0.717, 1.165) is 16.5 Å². The highest BCUT2D eigenvalue weighted by atomic mass is 16.5. The number of hydrogen-bond acceptors (Lipinski definition) is 7. The van der Waals surface area contributed by atoms with Gasteiger partial charge in [-0.3, -0.25) is 0 Å². The number of carbonyl (C=O) groups is 1. The molecule has 2 aromatic heterocycles. The van der Waals surface area contributed by atoms with E-state index in [1.807, 2.05) is 49.2 Å². The summed E-state index contributed by atoms with van der Waals surface area (Å²) < 4.78 is 5.36. The van der Waals surface area contributed by atoms with E-state index in [1.165, 1.54) is 0 Å². The fourth-order valence-corrected chi connectivity index (χ4v) is 3.37. The number of rotatable bonds is 8. The number of carboxylic acids is 1.